The molecule has 4 nitrogen and oxygen atoms in total. The summed E-state index contributed by atoms with van der Waals surface area (Å²) in [6, 6.07) is 14.7. The van der Waals surface area contributed by atoms with E-state index in [4.69, 9.17) is 4.74 Å². The molecule has 3 aromatic rings. The average molecular weight is 333 g/mol. The van der Waals surface area contributed by atoms with E-state index >= 15 is 0 Å². The van der Waals surface area contributed by atoms with Gasteiger partial charge in [0.2, 0.25) is 0 Å². The molecule has 0 bridgehead atoms. The predicted octanol–water partition coefficient (Wildman–Crippen LogP) is 5.10. The topological polar surface area (TPSA) is 50.8 Å². The quantitative estimate of drug-likeness (QED) is 0.707. The zero-order valence-corrected chi connectivity index (χ0v) is 14.3. The van der Waals surface area contributed by atoms with E-state index in [9.17, 15) is 0 Å². The van der Waals surface area contributed by atoms with Crippen molar-refractivity contribution in [3.63, 3.8) is 0 Å². The second-order valence-corrected chi connectivity index (χ2v) is 6.72. The second-order valence-electron chi connectivity index (χ2n) is 6.72. The fourth-order valence-corrected chi connectivity index (χ4v) is 3.56. The van der Waals surface area contributed by atoms with Gasteiger partial charge in [-0.25, -0.2) is 0 Å². The minimum atomic E-state index is 0.575. The van der Waals surface area contributed by atoms with Gasteiger partial charge in [0.25, 0.3) is 0 Å². The van der Waals surface area contributed by atoms with Crippen LogP contribution in [-0.2, 0) is 6.61 Å². The smallest absolute Gasteiger partial charge is 0.138 e. The van der Waals surface area contributed by atoms with Gasteiger partial charge < -0.3 is 4.74 Å². The highest BCUT2D eigenvalue weighted by Gasteiger charge is 2.15. The third-order valence-electron chi connectivity index (χ3n) is 4.95. The second kappa shape index (κ2) is 7.51. The lowest BCUT2D eigenvalue weighted by atomic mass is 9.84. The van der Waals surface area contributed by atoms with E-state index in [1.807, 2.05) is 18.2 Å². The number of benzene rings is 1. The SMILES string of the molecule is c1cc(COc2ccc(-c3ccn[nH]3)nc2)cc(C2CCCCC2)c1. The number of hydrogen-bond donors (Lipinski definition) is 1. The first-order valence-electron chi connectivity index (χ1n) is 9.06. The van der Waals surface area contributed by atoms with Gasteiger partial charge in [-0.15, -0.1) is 0 Å². The molecule has 0 atom stereocenters. The number of hydrogen-bond acceptors (Lipinski definition) is 3. The molecule has 1 aliphatic carbocycles. The Kier molecular flexibility index (Phi) is 4.77. The largest absolute Gasteiger partial charge is 0.487 e. The van der Waals surface area contributed by atoms with E-state index in [-0.39, 0.29) is 0 Å². The Hall–Kier alpha value is -2.62. The molecule has 0 aliphatic heterocycles. The Morgan fingerprint density at radius 1 is 1.04 bits per heavy atom. The lowest BCUT2D eigenvalue weighted by Crippen LogP contribution is -2.05. The zero-order valence-electron chi connectivity index (χ0n) is 14.3. The molecule has 2 heterocycles. The van der Waals surface area contributed by atoms with E-state index in [0.29, 0.717) is 6.61 Å². The van der Waals surface area contributed by atoms with Crippen LogP contribution in [0.15, 0.2) is 54.9 Å². The molecule has 1 saturated carbocycles. The number of nitrogens with zero attached hydrogens (tertiary/aromatic N) is 2. The van der Waals surface area contributed by atoms with Crippen LogP contribution in [0, 0.1) is 0 Å². The standard InChI is InChI=1S/C21H23N3O/c1-2-6-17(7-3-1)18-8-4-5-16(13-18)15-25-19-9-10-20(22-14-19)21-11-12-23-24-21/h4-5,8-14,17H,1-3,6-7,15H2,(H,23,24). The van der Waals surface area contributed by atoms with Crippen LogP contribution < -0.4 is 4.74 Å². The fraction of sp³-hybridized carbons (Fsp3) is 0.333. The molecule has 1 aliphatic rings. The Bertz CT molecular complexity index is 790. The fourth-order valence-electron chi connectivity index (χ4n) is 3.56. The Morgan fingerprint density at radius 2 is 1.96 bits per heavy atom. The van der Waals surface area contributed by atoms with Crippen LogP contribution in [0.4, 0.5) is 0 Å². The van der Waals surface area contributed by atoms with Gasteiger partial charge in [0.1, 0.15) is 12.4 Å². The number of aromatic amines is 1. The van der Waals surface area contributed by atoms with E-state index in [1.54, 1.807) is 12.4 Å². The lowest BCUT2D eigenvalue weighted by Gasteiger charge is -2.22. The molecular weight excluding hydrogens is 310 g/mol. The van der Waals surface area contributed by atoms with Crippen LogP contribution in [-0.4, -0.2) is 15.2 Å². The third kappa shape index (κ3) is 3.90. The number of aromatic nitrogens is 3. The summed E-state index contributed by atoms with van der Waals surface area (Å²) in [4.78, 5) is 4.43. The molecule has 0 saturated heterocycles. The molecule has 25 heavy (non-hydrogen) atoms. The van der Waals surface area contributed by atoms with E-state index in [2.05, 4.69) is 39.4 Å². The van der Waals surface area contributed by atoms with Crippen LogP contribution in [0.25, 0.3) is 11.4 Å². The number of nitrogens with one attached hydrogen (secondary N) is 1. The molecule has 128 valence electrons. The molecule has 2 aromatic heterocycles. The number of rotatable bonds is 5. The number of H-pyrrole nitrogens is 1. The van der Waals surface area contributed by atoms with Crippen LogP contribution in [0.5, 0.6) is 5.75 Å². The highest BCUT2D eigenvalue weighted by molar-refractivity contribution is 5.53. The molecule has 1 N–H and O–H groups in total. The van der Waals surface area contributed by atoms with Crippen molar-refractivity contribution in [2.24, 2.45) is 0 Å². The maximum atomic E-state index is 5.92. The van der Waals surface area contributed by atoms with Crippen LogP contribution in [0.2, 0.25) is 0 Å². The van der Waals surface area contributed by atoms with Crippen molar-refractivity contribution in [3.05, 3.63) is 66.0 Å². The zero-order chi connectivity index (χ0) is 16.9. The van der Waals surface area contributed by atoms with Crippen molar-refractivity contribution in [3.8, 4) is 17.1 Å². The van der Waals surface area contributed by atoms with Crippen molar-refractivity contribution in [1.82, 2.24) is 15.2 Å². The van der Waals surface area contributed by atoms with Gasteiger partial charge >= 0.3 is 0 Å². The normalized spacial score (nSPS) is 15.2. The molecule has 0 spiro atoms. The minimum absolute atomic E-state index is 0.575. The summed E-state index contributed by atoms with van der Waals surface area (Å²) in [5, 5.41) is 6.86. The Morgan fingerprint density at radius 3 is 2.72 bits per heavy atom. The first-order valence-corrected chi connectivity index (χ1v) is 9.06. The van der Waals surface area contributed by atoms with Gasteiger partial charge in [0, 0.05) is 6.20 Å². The molecule has 4 rings (SSSR count). The minimum Gasteiger partial charge on any atom is -0.487 e. The molecule has 0 radical (unpaired) electrons. The van der Waals surface area contributed by atoms with E-state index < -0.39 is 0 Å². The third-order valence-corrected chi connectivity index (χ3v) is 4.95. The monoisotopic (exact) mass is 333 g/mol. The van der Waals surface area contributed by atoms with Crippen molar-refractivity contribution in [1.29, 1.82) is 0 Å². The van der Waals surface area contributed by atoms with Crippen LogP contribution in [0.1, 0.15) is 49.1 Å². The van der Waals surface area contributed by atoms with Gasteiger partial charge in [-0.1, -0.05) is 43.5 Å². The van der Waals surface area contributed by atoms with Gasteiger partial charge in [-0.3, -0.25) is 10.1 Å². The first-order chi connectivity index (χ1) is 12.4. The molecule has 1 aromatic carbocycles. The molecular formula is C21H23N3O. The summed E-state index contributed by atoms with van der Waals surface area (Å²) < 4.78 is 5.92. The van der Waals surface area contributed by atoms with Crippen LogP contribution >= 0.6 is 0 Å². The van der Waals surface area contributed by atoms with Crippen molar-refractivity contribution < 1.29 is 4.74 Å². The Balaban J connectivity index is 1.39. The number of ether oxygens (including phenoxy) is 1. The highest BCUT2D eigenvalue weighted by atomic mass is 16.5. The summed E-state index contributed by atoms with van der Waals surface area (Å²) in [7, 11) is 0. The Labute approximate surface area is 148 Å². The maximum absolute atomic E-state index is 5.92. The predicted molar refractivity (Wildman–Crippen MR) is 98.4 cm³/mol. The van der Waals surface area contributed by atoms with E-state index in [0.717, 1.165) is 23.1 Å². The summed E-state index contributed by atoms with van der Waals surface area (Å²) in [5.74, 6) is 1.51. The molecule has 0 amide bonds. The van der Waals surface area contributed by atoms with Crippen molar-refractivity contribution in [2.75, 3.05) is 0 Å². The molecule has 0 unspecified atom stereocenters. The first kappa shape index (κ1) is 15.9. The highest BCUT2D eigenvalue weighted by Crippen LogP contribution is 2.33. The van der Waals surface area contributed by atoms with Crippen molar-refractivity contribution in [2.45, 2.75) is 44.6 Å². The van der Waals surface area contributed by atoms with Gasteiger partial charge in [-0.05, 0) is 48.1 Å². The van der Waals surface area contributed by atoms with E-state index in [1.165, 1.54) is 43.2 Å². The number of pyridine rings is 1. The maximum Gasteiger partial charge on any atom is 0.138 e. The van der Waals surface area contributed by atoms with Crippen LogP contribution in [0.3, 0.4) is 0 Å². The summed E-state index contributed by atoms with van der Waals surface area (Å²) in [6.07, 6.45) is 10.2. The molecule has 4 heteroatoms. The summed E-state index contributed by atoms with van der Waals surface area (Å²) in [5.41, 5.74) is 4.46. The molecule has 1 fully saturated rings. The van der Waals surface area contributed by atoms with Gasteiger partial charge in [0.15, 0.2) is 0 Å². The van der Waals surface area contributed by atoms with Crippen molar-refractivity contribution >= 4 is 0 Å². The summed E-state index contributed by atoms with van der Waals surface area (Å²) in [6.45, 7) is 0.575. The average Bonchev–Trinajstić information content (AvgIpc) is 3.23. The van der Waals surface area contributed by atoms with Gasteiger partial charge in [0.05, 0.1) is 17.6 Å². The van der Waals surface area contributed by atoms with Gasteiger partial charge in [-0.2, -0.15) is 5.10 Å². The lowest BCUT2D eigenvalue weighted by molar-refractivity contribution is 0.304. The summed E-state index contributed by atoms with van der Waals surface area (Å²) >= 11 is 0.